The lowest BCUT2D eigenvalue weighted by Gasteiger charge is -2.36. The summed E-state index contributed by atoms with van der Waals surface area (Å²) >= 11 is 0. The smallest absolute Gasteiger partial charge is 0.140 e. The molecule has 0 bridgehead atoms. The third-order valence-corrected chi connectivity index (χ3v) is 6.86. The van der Waals surface area contributed by atoms with Crippen LogP contribution in [0, 0.1) is 17.2 Å². The van der Waals surface area contributed by atoms with Gasteiger partial charge in [0.05, 0.1) is 23.9 Å². The van der Waals surface area contributed by atoms with Gasteiger partial charge >= 0.3 is 0 Å². The summed E-state index contributed by atoms with van der Waals surface area (Å²) in [6, 6.07) is 8.87. The van der Waals surface area contributed by atoms with E-state index < -0.39 is 0 Å². The van der Waals surface area contributed by atoms with E-state index in [9.17, 15) is 5.26 Å². The minimum absolute atomic E-state index is 0.141. The Morgan fingerprint density at radius 2 is 1.94 bits per heavy atom. The third-order valence-electron chi connectivity index (χ3n) is 6.86. The molecule has 8 nitrogen and oxygen atoms in total. The summed E-state index contributed by atoms with van der Waals surface area (Å²) < 4.78 is 5.88. The van der Waals surface area contributed by atoms with Crippen LogP contribution in [0.4, 0.5) is 5.82 Å². The quantitative estimate of drug-likeness (QED) is 0.783. The molecule has 2 aromatic rings. The fraction of sp³-hybridized carbons (Fsp3) is 0.565. The van der Waals surface area contributed by atoms with Crippen molar-refractivity contribution in [2.24, 2.45) is 5.92 Å². The van der Waals surface area contributed by atoms with E-state index in [2.05, 4.69) is 62.8 Å². The first-order chi connectivity index (χ1) is 15.1. The molecule has 3 aliphatic rings. The van der Waals surface area contributed by atoms with Crippen molar-refractivity contribution in [2.75, 3.05) is 18.0 Å². The number of fused-ring (bicyclic) bond motifs is 1. The van der Waals surface area contributed by atoms with Crippen molar-refractivity contribution in [2.45, 2.75) is 63.3 Å². The molecule has 2 N–H and O–H groups in total. The molecular formula is C23H29N7O. The van der Waals surface area contributed by atoms with Gasteiger partial charge in [-0.05, 0) is 62.6 Å². The lowest BCUT2D eigenvalue weighted by atomic mass is 9.73. The molecule has 4 unspecified atom stereocenters. The third kappa shape index (κ3) is 4.13. The van der Waals surface area contributed by atoms with Gasteiger partial charge < -0.3 is 9.64 Å². The molecule has 2 saturated heterocycles. The zero-order valence-corrected chi connectivity index (χ0v) is 18.0. The average molecular weight is 420 g/mol. The maximum atomic E-state index is 9.21. The Morgan fingerprint density at radius 3 is 2.74 bits per heavy atom. The van der Waals surface area contributed by atoms with Gasteiger partial charge in [0.15, 0.2) is 0 Å². The largest absolute Gasteiger partial charge is 0.372 e. The first-order valence-electron chi connectivity index (χ1n) is 11.2. The topological polar surface area (TPSA) is 99.0 Å². The fourth-order valence-electron chi connectivity index (χ4n) is 5.48. The standard InChI is InChI=1S/C23H29N7O/c1-14-11-30(12-15(2)31-14)22-9-21(26-13-27-22)23-19-8-16(3-4-20(19)28-29-23)17-5-6-25-18(7-17)10-24/h5-7,9,13-16,19-20,23,28-29H,3-4,8,11-12H2,1-2H3/t14-,15+,16?,19?,20?,23?. The van der Waals surface area contributed by atoms with Crippen LogP contribution in [0.3, 0.4) is 0 Å². The molecule has 162 valence electrons. The second-order valence-electron chi connectivity index (χ2n) is 9.10. The number of morpholine rings is 1. The Balaban J connectivity index is 1.36. The normalized spacial score (nSPS) is 33.0. The molecule has 8 heteroatoms. The van der Waals surface area contributed by atoms with Crippen molar-refractivity contribution in [3.8, 4) is 6.07 Å². The molecule has 6 atom stereocenters. The number of hydrazine groups is 1. The molecule has 1 saturated carbocycles. The number of nitrogens with zero attached hydrogens (tertiary/aromatic N) is 5. The number of rotatable bonds is 3. The maximum absolute atomic E-state index is 9.21. The van der Waals surface area contributed by atoms with E-state index in [0.717, 1.165) is 43.9 Å². The number of ether oxygens (including phenoxy) is 1. The monoisotopic (exact) mass is 419 g/mol. The highest BCUT2D eigenvalue weighted by Gasteiger charge is 2.42. The van der Waals surface area contributed by atoms with E-state index in [0.29, 0.717) is 23.6 Å². The van der Waals surface area contributed by atoms with Crippen LogP contribution in [0.1, 0.15) is 62.0 Å². The molecule has 4 heterocycles. The molecule has 2 aromatic heterocycles. The van der Waals surface area contributed by atoms with E-state index in [1.54, 1.807) is 12.5 Å². The first-order valence-corrected chi connectivity index (χ1v) is 11.2. The van der Waals surface area contributed by atoms with Crippen LogP contribution in [0.5, 0.6) is 0 Å². The maximum Gasteiger partial charge on any atom is 0.140 e. The van der Waals surface area contributed by atoms with Gasteiger partial charge in [-0.2, -0.15) is 5.26 Å². The van der Waals surface area contributed by atoms with Crippen molar-refractivity contribution in [1.82, 2.24) is 25.8 Å². The molecular weight excluding hydrogens is 390 g/mol. The van der Waals surface area contributed by atoms with Crippen LogP contribution >= 0.6 is 0 Å². The van der Waals surface area contributed by atoms with Gasteiger partial charge in [0.25, 0.3) is 0 Å². The van der Waals surface area contributed by atoms with Crippen molar-refractivity contribution >= 4 is 5.82 Å². The first kappa shape index (κ1) is 20.3. The number of hydrogen-bond donors (Lipinski definition) is 2. The summed E-state index contributed by atoms with van der Waals surface area (Å²) in [6.07, 6.45) is 7.08. The van der Waals surface area contributed by atoms with Crippen LogP contribution in [0.2, 0.25) is 0 Å². The second-order valence-corrected chi connectivity index (χ2v) is 9.10. The second kappa shape index (κ2) is 8.50. The molecule has 0 radical (unpaired) electrons. The van der Waals surface area contributed by atoms with E-state index >= 15 is 0 Å². The van der Waals surface area contributed by atoms with Gasteiger partial charge in [0.2, 0.25) is 0 Å². The van der Waals surface area contributed by atoms with Gasteiger partial charge in [-0.25, -0.2) is 20.4 Å². The molecule has 0 amide bonds. The minimum Gasteiger partial charge on any atom is -0.372 e. The predicted molar refractivity (Wildman–Crippen MR) is 116 cm³/mol. The number of pyridine rings is 1. The number of aromatic nitrogens is 3. The molecule has 31 heavy (non-hydrogen) atoms. The number of hydrogen-bond acceptors (Lipinski definition) is 8. The van der Waals surface area contributed by atoms with Gasteiger partial charge in [-0.1, -0.05) is 0 Å². The molecule has 1 aliphatic carbocycles. The van der Waals surface area contributed by atoms with Gasteiger partial charge in [-0.3, -0.25) is 5.43 Å². The van der Waals surface area contributed by atoms with Crippen LogP contribution < -0.4 is 15.8 Å². The van der Waals surface area contributed by atoms with E-state index in [4.69, 9.17) is 4.74 Å². The zero-order valence-electron chi connectivity index (χ0n) is 18.0. The van der Waals surface area contributed by atoms with E-state index in [1.165, 1.54) is 5.56 Å². The van der Waals surface area contributed by atoms with Crippen LogP contribution in [-0.2, 0) is 4.74 Å². The summed E-state index contributed by atoms with van der Waals surface area (Å²) in [4.78, 5) is 15.6. The zero-order chi connectivity index (χ0) is 21.4. The van der Waals surface area contributed by atoms with Crippen molar-refractivity contribution in [3.63, 3.8) is 0 Å². The van der Waals surface area contributed by atoms with Crippen LogP contribution in [0.15, 0.2) is 30.7 Å². The summed E-state index contributed by atoms with van der Waals surface area (Å²) in [6.45, 7) is 5.90. The lowest BCUT2D eigenvalue weighted by molar-refractivity contribution is -0.00547. The summed E-state index contributed by atoms with van der Waals surface area (Å²) in [5.41, 5.74) is 9.76. The molecule has 2 aliphatic heterocycles. The highest BCUT2D eigenvalue weighted by atomic mass is 16.5. The summed E-state index contributed by atoms with van der Waals surface area (Å²) in [5.74, 6) is 1.84. The number of anilines is 1. The minimum atomic E-state index is 0.141. The van der Waals surface area contributed by atoms with Crippen molar-refractivity contribution < 1.29 is 4.74 Å². The highest BCUT2D eigenvalue weighted by molar-refractivity contribution is 5.41. The van der Waals surface area contributed by atoms with Crippen molar-refractivity contribution in [1.29, 1.82) is 5.26 Å². The predicted octanol–water partition coefficient (Wildman–Crippen LogP) is 2.46. The molecule has 0 spiro atoms. The van der Waals surface area contributed by atoms with Crippen molar-refractivity contribution in [3.05, 3.63) is 47.7 Å². The molecule has 3 fully saturated rings. The highest BCUT2D eigenvalue weighted by Crippen LogP contribution is 2.44. The van der Waals surface area contributed by atoms with Crippen LogP contribution in [0.25, 0.3) is 0 Å². The lowest BCUT2D eigenvalue weighted by Crippen LogP contribution is -2.46. The number of nitriles is 1. The molecule has 5 rings (SSSR count). The van der Waals surface area contributed by atoms with E-state index in [-0.39, 0.29) is 18.2 Å². The average Bonchev–Trinajstić information content (AvgIpc) is 3.22. The fourth-order valence-corrected chi connectivity index (χ4v) is 5.48. The SMILES string of the molecule is C[C@@H]1CN(c2cc(C3NNC4CCC(c5ccnc(C#N)c5)CC43)ncn2)C[C@H](C)O1. The van der Waals surface area contributed by atoms with E-state index in [1.807, 2.05) is 6.07 Å². The number of nitrogens with one attached hydrogen (secondary N) is 2. The van der Waals surface area contributed by atoms with Gasteiger partial charge in [0, 0.05) is 31.4 Å². The summed E-state index contributed by atoms with van der Waals surface area (Å²) in [5, 5.41) is 9.21. The Morgan fingerprint density at radius 1 is 1.10 bits per heavy atom. The van der Waals surface area contributed by atoms with Gasteiger partial charge in [0.1, 0.15) is 23.9 Å². The van der Waals surface area contributed by atoms with Gasteiger partial charge in [-0.15, -0.1) is 0 Å². The summed E-state index contributed by atoms with van der Waals surface area (Å²) in [7, 11) is 0. The Hall–Kier alpha value is -2.60. The Kier molecular flexibility index (Phi) is 5.57. The Labute approximate surface area is 183 Å². The molecule has 0 aromatic carbocycles. The van der Waals surface area contributed by atoms with Crippen LogP contribution in [-0.4, -0.2) is 46.3 Å². The Bertz CT molecular complexity index is 966.